The Hall–Kier alpha value is -3.71. The number of benzene rings is 2. The summed E-state index contributed by atoms with van der Waals surface area (Å²) in [5, 5.41) is 6.55. The van der Waals surface area contributed by atoms with E-state index < -0.39 is 0 Å². The van der Waals surface area contributed by atoms with Gasteiger partial charge in [0.05, 0.1) is 16.6 Å². The highest BCUT2D eigenvalue weighted by atomic mass is 16.5. The maximum Gasteiger partial charge on any atom is 0.263 e. The lowest BCUT2D eigenvalue weighted by Gasteiger charge is -2.44. The van der Waals surface area contributed by atoms with Crippen molar-refractivity contribution in [2.45, 2.75) is 38.1 Å². The number of fused-ring (bicyclic) bond motifs is 6. The van der Waals surface area contributed by atoms with Gasteiger partial charge in [-0.05, 0) is 69.0 Å². The molecule has 2 saturated heterocycles. The van der Waals surface area contributed by atoms with Crippen LogP contribution in [0.25, 0.3) is 38.1 Å². The first-order valence-electron chi connectivity index (χ1n) is 13.4. The zero-order valence-corrected chi connectivity index (χ0v) is 20.8. The minimum absolute atomic E-state index is 0.0452. The maximum atomic E-state index is 13.5. The van der Waals surface area contributed by atoms with Crippen LogP contribution in [0.5, 0.6) is 5.75 Å². The van der Waals surface area contributed by atoms with Gasteiger partial charge in [0.15, 0.2) is 6.61 Å². The average molecular weight is 495 g/mol. The van der Waals surface area contributed by atoms with E-state index >= 15 is 0 Å². The molecule has 7 nitrogen and oxygen atoms in total. The van der Waals surface area contributed by atoms with E-state index in [1.807, 2.05) is 48.5 Å². The Morgan fingerprint density at radius 3 is 2.76 bits per heavy atom. The maximum absolute atomic E-state index is 13.5. The first kappa shape index (κ1) is 22.5. The zero-order chi connectivity index (χ0) is 24.9. The smallest absolute Gasteiger partial charge is 0.263 e. The van der Waals surface area contributed by atoms with E-state index in [1.165, 1.54) is 45.2 Å². The lowest BCUT2D eigenvalue weighted by Crippen LogP contribution is -2.51. The summed E-state index contributed by atoms with van der Waals surface area (Å²) in [5.41, 5.74) is 2.32. The Balaban J connectivity index is 1.13. The summed E-state index contributed by atoms with van der Waals surface area (Å²) in [4.78, 5) is 33.4. The standard InChI is InChI=1S/C30H30N4O3/c35-27(32-17-19-6-5-15-33-14-4-3-9-25(19)33)18-37-20-10-11-21-23-12-13-31-28-22-7-1-2-8-24(22)30(36)34(29(23)28)26(21)16-20/h1-2,7-8,10-13,16,19,25H,3-6,9,14-15,17-18H2,(H,32,35). The number of nitrogens with zero attached hydrogens (tertiary/aromatic N) is 3. The van der Waals surface area contributed by atoms with Gasteiger partial charge < -0.3 is 15.0 Å². The molecule has 5 heterocycles. The number of carbonyl (C=O) groups is 1. The summed E-state index contributed by atoms with van der Waals surface area (Å²) in [6.07, 6.45) is 8.01. The third kappa shape index (κ3) is 3.72. The van der Waals surface area contributed by atoms with Crippen molar-refractivity contribution in [1.29, 1.82) is 0 Å². The largest absolute Gasteiger partial charge is 0.484 e. The number of rotatable bonds is 5. The number of aromatic nitrogens is 2. The molecule has 5 aromatic rings. The van der Waals surface area contributed by atoms with Gasteiger partial charge in [-0.3, -0.25) is 19.0 Å². The van der Waals surface area contributed by atoms with Crippen LogP contribution in [0.2, 0.25) is 0 Å². The lowest BCUT2D eigenvalue weighted by atomic mass is 9.83. The van der Waals surface area contributed by atoms with Crippen LogP contribution in [-0.2, 0) is 4.79 Å². The molecule has 37 heavy (non-hydrogen) atoms. The van der Waals surface area contributed by atoms with Crippen LogP contribution in [0.3, 0.4) is 0 Å². The van der Waals surface area contributed by atoms with Gasteiger partial charge in [-0.15, -0.1) is 0 Å². The van der Waals surface area contributed by atoms with Gasteiger partial charge >= 0.3 is 0 Å². The molecule has 2 aromatic carbocycles. The quantitative estimate of drug-likeness (QED) is 0.368. The van der Waals surface area contributed by atoms with E-state index in [9.17, 15) is 9.59 Å². The second-order valence-electron chi connectivity index (χ2n) is 10.5. The van der Waals surface area contributed by atoms with Crippen LogP contribution < -0.4 is 15.6 Å². The van der Waals surface area contributed by atoms with Gasteiger partial charge in [0, 0.05) is 46.4 Å². The van der Waals surface area contributed by atoms with Crippen molar-refractivity contribution >= 4 is 44.0 Å². The molecule has 2 unspecified atom stereocenters. The van der Waals surface area contributed by atoms with Crippen LogP contribution in [0.4, 0.5) is 0 Å². The summed E-state index contributed by atoms with van der Waals surface area (Å²) in [6, 6.07) is 15.9. The number of piperidine rings is 2. The molecule has 2 aliphatic rings. The topological polar surface area (TPSA) is 75.9 Å². The van der Waals surface area contributed by atoms with Crippen LogP contribution >= 0.6 is 0 Å². The summed E-state index contributed by atoms with van der Waals surface area (Å²) < 4.78 is 7.65. The molecule has 0 bridgehead atoms. The van der Waals surface area contributed by atoms with Crippen molar-refractivity contribution in [2.24, 2.45) is 5.92 Å². The Morgan fingerprint density at radius 1 is 0.973 bits per heavy atom. The van der Waals surface area contributed by atoms with E-state index in [-0.39, 0.29) is 18.1 Å². The highest BCUT2D eigenvalue weighted by Gasteiger charge is 2.32. The van der Waals surface area contributed by atoms with Crippen molar-refractivity contribution in [3.8, 4) is 5.75 Å². The Bertz CT molecular complexity index is 1690. The molecule has 0 aliphatic carbocycles. The molecule has 2 aliphatic heterocycles. The molecule has 1 amide bonds. The van der Waals surface area contributed by atoms with E-state index in [0.717, 1.165) is 32.7 Å². The van der Waals surface area contributed by atoms with Gasteiger partial charge in [0.1, 0.15) is 5.75 Å². The minimum atomic E-state index is -0.105. The number of pyridine rings is 2. The molecule has 7 rings (SSSR count). The molecule has 0 saturated carbocycles. The molecule has 0 spiro atoms. The number of nitrogens with one attached hydrogen (secondary N) is 1. The summed E-state index contributed by atoms with van der Waals surface area (Å²) >= 11 is 0. The summed E-state index contributed by atoms with van der Waals surface area (Å²) in [5.74, 6) is 0.984. The average Bonchev–Trinajstić information content (AvgIpc) is 3.28. The second-order valence-corrected chi connectivity index (χ2v) is 10.5. The third-order valence-corrected chi connectivity index (χ3v) is 8.42. The van der Waals surface area contributed by atoms with Crippen LogP contribution in [-0.4, -0.2) is 52.5 Å². The molecule has 2 atom stereocenters. The Morgan fingerprint density at radius 2 is 1.84 bits per heavy atom. The van der Waals surface area contributed by atoms with Crippen LogP contribution in [0, 0.1) is 5.92 Å². The van der Waals surface area contributed by atoms with E-state index in [1.54, 1.807) is 10.6 Å². The molecule has 188 valence electrons. The van der Waals surface area contributed by atoms with Gasteiger partial charge in [-0.2, -0.15) is 0 Å². The minimum Gasteiger partial charge on any atom is -0.484 e. The highest BCUT2D eigenvalue weighted by Crippen LogP contribution is 2.34. The molecular formula is C30H30N4O3. The van der Waals surface area contributed by atoms with Gasteiger partial charge in [-0.1, -0.05) is 24.6 Å². The van der Waals surface area contributed by atoms with Crippen molar-refractivity contribution < 1.29 is 9.53 Å². The number of hydrogen-bond acceptors (Lipinski definition) is 5. The van der Waals surface area contributed by atoms with Crippen molar-refractivity contribution in [3.63, 3.8) is 0 Å². The Labute approximate surface area is 214 Å². The molecule has 7 heteroatoms. The van der Waals surface area contributed by atoms with Crippen molar-refractivity contribution in [1.82, 2.24) is 19.6 Å². The van der Waals surface area contributed by atoms with E-state index in [4.69, 9.17) is 4.74 Å². The fraction of sp³-hybridized carbons (Fsp3) is 0.367. The normalized spacial score (nSPS) is 20.5. The molecular weight excluding hydrogens is 464 g/mol. The van der Waals surface area contributed by atoms with Gasteiger partial charge in [-0.25, -0.2) is 0 Å². The number of hydrogen-bond donors (Lipinski definition) is 1. The molecule has 2 fully saturated rings. The van der Waals surface area contributed by atoms with Crippen LogP contribution in [0.1, 0.15) is 32.1 Å². The first-order valence-corrected chi connectivity index (χ1v) is 13.4. The van der Waals surface area contributed by atoms with Gasteiger partial charge in [0.25, 0.3) is 11.5 Å². The first-order chi connectivity index (χ1) is 18.2. The third-order valence-electron chi connectivity index (χ3n) is 8.42. The lowest BCUT2D eigenvalue weighted by molar-refractivity contribution is -0.123. The molecule has 0 radical (unpaired) electrons. The highest BCUT2D eigenvalue weighted by molar-refractivity contribution is 6.18. The molecule has 3 aromatic heterocycles. The fourth-order valence-corrected chi connectivity index (χ4v) is 6.70. The number of ether oxygens (including phenoxy) is 1. The number of amides is 1. The summed E-state index contributed by atoms with van der Waals surface area (Å²) in [6.45, 7) is 3.06. The monoisotopic (exact) mass is 494 g/mol. The van der Waals surface area contributed by atoms with E-state index in [0.29, 0.717) is 29.6 Å². The van der Waals surface area contributed by atoms with Crippen molar-refractivity contribution in [3.05, 3.63) is 65.1 Å². The second kappa shape index (κ2) is 8.99. The van der Waals surface area contributed by atoms with Gasteiger partial charge in [0.2, 0.25) is 0 Å². The van der Waals surface area contributed by atoms with Crippen LogP contribution in [0.15, 0.2) is 59.5 Å². The fourth-order valence-electron chi connectivity index (χ4n) is 6.70. The SMILES string of the molecule is O=C(COc1ccc2c3ccnc4c5ccccc5c(=O)n(c2c1)c34)NCC1CCCN2CCCCC12. The van der Waals surface area contributed by atoms with E-state index in [2.05, 4.69) is 15.2 Å². The predicted octanol–water partition coefficient (Wildman–Crippen LogP) is 4.35. The predicted molar refractivity (Wildman–Crippen MR) is 146 cm³/mol. The summed E-state index contributed by atoms with van der Waals surface area (Å²) in [7, 11) is 0. The van der Waals surface area contributed by atoms with Crippen molar-refractivity contribution in [2.75, 3.05) is 26.2 Å². The molecule has 1 N–H and O–H groups in total. The zero-order valence-electron chi connectivity index (χ0n) is 20.8. The number of carbonyl (C=O) groups excluding carboxylic acids is 1. The Kier molecular flexibility index (Phi) is 5.47.